The van der Waals surface area contributed by atoms with Gasteiger partial charge in [-0.05, 0) is 0 Å². The van der Waals surface area contributed by atoms with Crippen LogP contribution < -0.4 is 5.32 Å². The Hall–Kier alpha value is -1.07. The van der Waals surface area contributed by atoms with Gasteiger partial charge in [0.25, 0.3) is 0 Å². The molecule has 1 amide bonds. The minimum atomic E-state index is -0.0151. The van der Waals surface area contributed by atoms with E-state index in [-0.39, 0.29) is 5.91 Å². The second-order valence-corrected chi connectivity index (χ2v) is 3.45. The molecule has 6 heteroatoms. The van der Waals surface area contributed by atoms with Gasteiger partial charge in [-0.15, -0.1) is 0 Å². The van der Waals surface area contributed by atoms with Gasteiger partial charge in [0, 0.05) is 32.8 Å². The summed E-state index contributed by atoms with van der Waals surface area (Å²) >= 11 is 5.68. The van der Waals surface area contributed by atoms with E-state index in [0.29, 0.717) is 31.1 Å². The van der Waals surface area contributed by atoms with E-state index in [0.717, 1.165) is 0 Å². The number of hydrogen-bond acceptors (Lipinski definition) is 3. The number of rotatable bonds is 6. The molecule has 0 aliphatic carbocycles. The van der Waals surface area contributed by atoms with Crippen molar-refractivity contribution in [2.24, 2.45) is 0 Å². The maximum Gasteiger partial charge on any atom is 0.221 e. The summed E-state index contributed by atoms with van der Waals surface area (Å²) in [6, 6.07) is 0. The molecule has 0 aliphatic rings. The number of carbonyl (C=O) groups is 1. The van der Waals surface area contributed by atoms with Crippen LogP contribution in [0.5, 0.6) is 0 Å². The summed E-state index contributed by atoms with van der Waals surface area (Å²) in [6.07, 6.45) is 3.62. The molecule has 0 fully saturated rings. The van der Waals surface area contributed by atoms with Crippen molar-refractivity contribution in [1.29, 1.82) is 0 Å². The van der Waals surface area contributed by atoms with Gasteiger partial charge in [-0.25, -0.2) is 0 Å². The molecule has 84 valence electrons. The first-order valence-corrected chi connectivity index (χ1v) is 5.04. The molecule has 15 heavy (non-hydrogen) atoms. The number of ether oxygens (including phenoxy) is 1. The number of nitrogens with zero attached hydrogens (tertiary/aromatic N) is 2. The highest BCUT2D eigenvalue weighted by atomic mass is 35.5. The maximum atomic E-state index is 11.3. The summed E-state index contributed by atoms with van der Waals surface area (Å²) in [5.41, 5.74) is 0. The first-order chi connectivity index (χ1) is 7.22. The van der Waals surface area contributed by atoms with Crippen LogP contribution in [-0.2, 0) is 16.1 Å². The molecule has 0 spiro atoms. The van der Waals surface area contributed by atoms with E-state index in [2.05, 4.69) is 10.4 Å². The van der Waals surface area contributed by atoms with Crippen molar-refractivity contribution in [3.63, 3.8) is 0 Å². The molecule has 1 heterocycles. The summed E-state index contributed by atoms with van der Waals surface area (Å²) in [6.45, 7) is 1.60. The number of hydrogen-bond donors (Lipinski definition) is 1. The summed E-state index contributed by atoms with van der Waals surface area (Å²) in [5.74, 6) is -0.0151. The number of aromatic nitrogens is 2. The van der Waals surface area contributed by atoms with Crippen molar-refractivity contribution in [1.82, 2.24) is 15.1 Å². The summed E-state index contributed by atoms with van der Waals surface area (Å²) in [5, 5.41) is 7.27. The van der Waals surface area contributed by atoms with E-state index in [9.17, 15) is 4.79 Å². The number of methoxy groups -OCH3 is 1. The van der Waals surface area contributed by atoms with Gasteiger partial charge in [-0.1, -0.05) is 11.6 Å². The average molecular weight is 232 g/mol. The predicted molar refractivity (Wildman–Crippen MR) is 56.7 cm³/mol. The van der Waals surface area contributed by atoms with Crippen molar-refractivity contribution < 1.29 is 9.53 Å². The van der Waals surface area contributed by atoms with Crippen LogP contribution in [0.3, 0.4) is 0 Å². The Kier molecular flexibility index (Phi) is 5.14. The van der Waals surface area contributed by atoms with Crippen molar-refractivity contribution in [3.05, 3.63) is 17.4 Å². The minimum absolute atomic E-state index is 0.0151. The van der Waals surface area contributed by atoms with E-state index in [1.807, 2.05) is 0 Å². The first-order valence-electron chi connectivity index (χ1n) is 4.66. The quantitative estimate of drug-likeness (QED) is 0.733. The Morgan fingerprint density at radius 2 is 2.53 bits per heavy atom. The third kappa shape index (κ3) is 4.80. The highest BCUT2D eigenvalue weighted by Crippen LogP contribution is 2.04. The fourth-order valence-corrected chi connectivity index (χ4v) is 1.21. The highest BCUT2D eigenvalue weighted by molar-refractivity contribution is 6.30. The lowest BCUT2D eigenvalue weighted by Crippen LogP contribution is -2.27. The molecule has 0 atom stereocenters. The molecule has 1 aromatic rings. The molecule has 0 radical (unpaired) electrons. The van der Waals surface area contributed by atoms with Crippen molar-refractivity contribution >= 4 is 17.5 Å². The standard InChI is InChI=1S/C9H14ClN3O2/c1-15-5-3-11-9(14)2-4-13-7-8(10)6-12-13/h6-7H,2-5H2,1H3,(H,11,14). The second-order valence-electron chi connectivity index (χ2n) is 3.01. The topological polar surface area (TPSA) is 56.1 Å². The molecule has 5 nitrogen and oxygen atoms in total. The highest BCUT2D eigenvalue weighted by Gasteiger charge is 2.01. The number of aryl methyl sites for hydroxylation is 1. The molecular formula is C9H14ClN3O2. The van der Waals surface area contributed by atoms with Crippen molar-refractivity contribution in [2.75, 3.05) is 20.3 Å². The Balaban J connectivity index is 2.16. The summed E-state index contributed by atoms with van der Waals surface area (Å²) < 4.78 is 6.45. The van der Waals surface area contributed by atoms with Gasteiger partial charge in [-0.3, -0.25) is 9.48 Å². The molecule has 0 bridgehead atoms. The summed E-state index contributed by atoms with van der Waals surface area (Å²) in [4.78, 5) is 11.3. The van der Waals surface area contributed by atoms with Crippen LogP contribution >= 0.6 is 11.6 Å². The lowest BCUT2D eigenvalue weighted by atomic mass is 10.4. The molecule has 0 aliphatic heterocycles. The van der Waals surface area contributed by atoms with Crippen LogP contribution in [0.2, 0.25) is 5.02 Å². The molecule has 1 aromatic heterocycles. The molecule has 0 saturated carbocycles. The van der Waals surface area contributed by atoms with Gasteiger partial charge in [0.15, 0.2) is 0 Å². The van der Waals surface area contributed by atoms with Crippen LogP contribution in [0, 0.1) is 0 Å². The van der Waals surface area contributed by atoms with Gasteiger partial charge in [0.1, 0.15) is 0 Å². The lowest BCUT2D eigenvalue weighted by molar-refractivity contribution is -0.121. The zero-order valence-corrected chi connectivity index (χ0v) is 9.33. The third-order valence-electron chi connectivity index (χ3n) is 1.80. The van der Waals surface area contributed by atoms with Gasteiger partial charge in [-0.2, -0.15) is 5.10 Å². The van der Waals surface area contributed by atoms with Crippen LogP contribution in [0.4, 0.5) is 0 Å². The normalized spacial score (nSPS) is 10.3. The van der Waals surface area contributed by atoms with E-state index in [1.165, 1.54) is 0 Å². The molecule has 0 aromatic carbocycles. The maximum absolute atomic E-state index is 11.3. The first kappa shape index (κ1) is 12.0. The third-order valence-corrected chi connectivity index (χ3v) is 1.99. The van der Waals surface area contributed by atoms with Gasteiger partial charge < -0.3 is 10.1 Å². The van der Waals surface area contributed by atoms with Crippen molar-refractivity contribution in [2.45, 2.75) is 13.0 Å². The van der Waals surface area contributed by atoms with Gasteiger partial charge in [0.2, 0.25) is 5.91 Å². The lowest BCUT2D eigenvalue weighted by Gasteiger charge is -2.04. The molecule has 0 saturated heterocycles. The van der Waals surface area contributed by atoms with Crippen LogP contribution in [0.25, 0.3) is 0 Å². The predicted octanol–water partition coefficient (Wildman–Crippen LogP) is 0.689. The zero-order chi connectivity index (χ0) is 11.1. The van der Waals surface area contributed by atoms with E-state index in [4.69, 9.17) is 16.3 Å². The molecule has 0 unspecified atom stereocenters. The Labute approximate surface area is 93.4 Å². The SMILES string of the molecule is COCCNC(=O)CCn1cc(Cl)cn1. The summed E-state index contributed by atoms with van der Waals surface area (Å²) in [7, 11) is 1.60. The molecule has 1 rings (SSSR count). The smallest absolute Gasteiger partial charge is 0.221 e. The Bertz CT molecular complexity index is 314. The van der Waals surface area contributed by atoms with Gasteiger partial charge >= 0.3 is 0 Å². The van der Waals surface area contributed by atoms with Crippen molar-refractivity contribution in [3.8, 4) is 0 Å². The Morgan fingerprint density at radius 1 is 1.73 bits per heavy atom. The Morgan fingerprint density at radius 3 is 3.13 bits per heavy atom. The van der Waals surface area contributed by atoms with E-state index >= 15 is 0 Å². The fourth-order valence-electron chi connectivity index (χ4n) is 1.06. The number of amides is 1. The monoisotopic (exact) mass is 231 g/mol. The molecular weight excluding hydrogens is 218 g/mol. The average Bonchev–Trinajstić information content (AvgIpc) is 2.62. The van der Waals surface area contributed by atoms with Crippen LogP contribution in [-0.4, -0.2) is 35.9 Å². The minimum Gasteiger partial charge on any atom is -0.383 e. The van der Waals surface area contributed by atoms with E-state index in [1.54, 1.807) is 24.2 Å². The zero-order valence-electron chi connectivity index (χ0n) is 8.57. The second kappa shape index (κ2) is 6.42. The number of halogens is 1. The largest absolute Gasteiger partial charge is 0.383 e. The van der Waals surface area contributed by atoms with Crippen LogP contribution in [0.1, 0.15) is 6.42 Å². The number of carbonyl (C=O) groups excluding carboxylic acids is 1. The molecule has 1 N–H and O–H groups in total. The van der Waals surface area contributed by atoms with Crippen LogP contribution in [0.15, 0.2) is 12.4 Å². The van der Waals surface area contributed by atoms with Gasteiger partial charge in [0.05, 0.1) is 17.8 Å². The fraction of sp³-hybridized carbons (Fsp3) is 0.556. The number of nitrogens with one attached hydrogen (secondary N) is 1. The van der Waals surface area contributed by atoms with E-state index < -0.39 is 0 Å².